The topological polar surface area (TPSA) is 83.4 Å². The van der Waals surface area contributed by atoms with Crippen LogP contribution in [0.15, 0.2) is 29.3 Å². The van der Waals surface area contributed by atoms with Crippen molar-refractivity contribution in [3.63, 3.8) is 0 Å². The molecule has 0 bridgehead atoms. The Bertz CT molecular complexity index is 497. The molecule has 0 aromatic heterocycles. The largest absolute Gasteiger partial charge is 0.497 e. The van der Waals surface area contributed by atoms with Gasteiger partial charge in [0.1, 0.15) is 5.75 Å². The van der Waals surface area contributed by atoms with E-state index in [0.717, 1.165) is 30.7 Å². The zero-order valence-electron chi connectivity index (χ0n) is 11.0. The molecule has 0 saturated heterocycles. The van der Waals surface area contributed by atoms with Crippen molar-refractivity contribution in [3.8, 4) is 11.8 Å². The summed E-state index contributed by atoms with van der Waals surface area (Å²) in [5, 5.41) is 12.1. The number of guanidine groups is 1. The molecule has 1 saturated carbocycles. The number of benzene rings is 1. The molecule has 2 rings (SSSR count). The second-order valence-electron chi connectivity index (χ2n) is 4.80. The molecule has 19 heavy (non-hydrogen) atoms. The molecule has 0 unspecified atom stereocenters. The van der Waals surface area contributed by atoms with Crippen molar-refractivity contribution in [1.29, 1.82) is 5.26 Å². The summed E-state index contributed by atoms with van der Waals surface area (Å²) < 4.78 is 5.08. The summed E-state index contributed by atoms with van der Waals surface area (Å²) in [6.45, 7) is 0.471. The van der Waals surface area contributed by atoms with Crippen LogP contribution in [0.4, 0.5) is 5.69 Å². The number of aliphatic imine (C=N–C) groups is 1. The van der Waals surface area contributed by atoms with Crippen LogP contribution in [0.1, 0.15) is 19.3 Å². The predicted molar refractivity (Wildman–Crippen MR) is 75.0 cm³/mol. The van der Waals surface area contributed by atoms with Crippen LogP contribution in [0, 0.1) is 16.7 Å². The molecule has 5 nitrogen and oxygen atoms in total. The maximum Gasteiger partial charge on any atom is 0.193 e. The molecule has 5 heteroatoms. The Hall–Kier alpha value is -2.22. The lowest BCUT2D eigenvalue weighted by molar-refractivity contribution is 0.226. The summed E-state index contributed by atoms with van der Waals surface area (Å²) in [7, 11) is 1.62. The van der Waals surface area contributed by atoms with Crippen LogP contribution in [0.3, 0.4) is 0 Å². The molecule has 0 amide bonds. The molecule has 3 N–H and O–H groups in total. The van der Waals surface area contributed by atoms with E-state index in [1.54, 1.807) is 7.11 Å². The van der Waals surface area contributed by atoms with Crippen molar-refractivity contribution in [2.24, 2.45) is 16.1 Å². The summed E-state index contributed by atoms with van der Waals surface area (Å²) >= 11 is 0. The third kappa shape index (κ3) is 3.16. The van der Waals surface area contributed by atoms with Crippen LogP contribution in [-0.2, 0) is 0 Å². The lowest BCUT2D eigenvalue weighted by Crippen LogP contribution is -2.33. The zero-order chi connectivity index (χ0) is 13.7. The van der Waals surface area contributed by atoms with Gasteiger partial charge in [0, 0.05) is 5.69 Å². The van der Waals surface area contributed by atoms with E-state index in [1.807, 2.05) is 24.3 Å². The Morgan fingerprint density at radius 1 is 1.47 bits per heavy atom. The number of nitriles is 1. The zero-order valence-corrected chi connectivity index (χ0v) is 11.0. The van der Waals surface area contributed by atoms with Crippen LogP contribution < -0.4 is 15.8 Å². The Balaban J connectivity index is 1.92. The van der Waals surface area contributed by atoms with Crippen LogP contribution in [-0.4, -0.2) is 19.6 Å². The van der Waals surface area contributed by atoms with Crippen LogP contribution in [0.5, 0.6) is 5.75 Å². The highest BCUT2D eigenvalue weighted by molar-refractivity contribution is 5.92. The molecule has 0 aliphatic heterocycles. The minimum atomic E-state index is -0.286. The quantitative estimate of drug-likeness (QED) is 0.640. The first-order valence-corrected chi connectivity index (χ1v) is 6.30. The van der Waals surface area contributed by atoms with E-state index in [-0.39, 0.29) is 5.41 Å². The SMILES string of the molecule is COc1ccc(NC(N)=NCC2(C#N)CCC2)cc1. The lowest BCUT2D eigenvalue weighted by atomic mass is 9.70. The average molecular weight is 258 g/mol. The van der Waals surface area contributed by atoms with Crippen molar-refractivity contribution >= 4 is 11.6 Å². The molecule has 1 aromatic carbocycles. The molecule has 1 aliphatic carbocycles. The molecule has 1 aliphatic rings. The summed E-state index contributed by atoms with van der Waals surface area (Å²) in [5.74, 6) is 1.13. The van der Waals surface area contributed by atoms with Crippen molar-refractivity contribution in [2.45, 2.75) is 19.3 Å². The molecule has 1 aromatic rings. The number of rotatable bonds is 4. The maximum atomic E-state index is 9.10. The van der Waals surface area contributed by atoms with Crippen LogP contribution >= 0.6 is 0 Å². The minimum absolute atomic E-state index is 0.286. The Kier molecular flexibility index (Phi) is 3.91. The smallest absolute Gasteiger partial charge is 0.193 e. The molecular formula is C14H18N4O. The molecular weight excluding hydrogens is 240 g/mol. The average Bonchev–Trinajstić information content (AvgIpc) is 2.39. The summed E-state index contributed by atoms with van der Waals surface area (Å²) in [5.41, 5.74) is 6.38. The number of nitrogens with one attached hydrogen (secondary N) is 1. The third-order valence-corrected chi connectivity index (χ3v) is 3.46. The Labute approximate surface area is 113 Å². The van der Waals surface area contributed by atoms with Gasteiger partial charge in [0.15, 0.2) is 5.96 Å². The van der Waals surface area contributed by atoms with Gasteiger partial charge in [-0.05, 0) is 37.1 Å². The molecule has 1 fully saturated rings. The molecule has 0 spiro atoms. The number of nitrogens with two attached hydrogens (primary N) is 1. The normalized spacial score (nSPS) is 17.2. The van der Waals surface area contributed by atoms with Gasteiger partial charge >= 0.3 is 0 Å². The summed E-state index contributed by atoms with van der Waals surface area (Å²) in [4.78, 5) is 4.26. The molecule has 0 heterocycles. The summed E-state index contributed by atoms with van der Waals surface area (Å²) in [6, 6.07) is 9.76. The van der Waals surface area contributed by atoms with Crippen molar-refractivity contribution in [2.75, 3.05) is 19.0 Å². The maximum absolute atomic E-state index is 9.10. The second kappa shape index (κ2) is 5.61. The van der Waals surface area contributed by atoms with Gasteiger partial charge in [0.25, 0.3) is 0 Å². The van der Waals surface area contributed by atoms with Gasteiger partial charge < -0.3 is 15.8 Å². The number of ether oxygens (including phenoxy) is 1. The third-order valence-electron chi connectivity index (χ3n) is 3.46. The van der Waals surface area contributed by atoms with Crippen LogP contribution in [0.2, 0.25) is 0 Å². The number of hydrogen-bond acceptors (Lipinski definition) is 3. The highest BCUT2D eigenvalue weighted by atomic mass is 16.5. The summed E-state index contributed by atoms with van der Waals surface area (Å²) in [6.07, 6.45) is 2.94. The monoisotopic (exact) mass is 258 g/mol. The lowest BCUT2D eigenvalue weighted by Gasteiger charge is -2.33. The first kappa shape index (κ1) is 13.2. The molecule has 0 radical (unpaired) electrons. The standard InChI is InChI=1S/C14H18N4O/c1-19-12-5-3-11(4-6-12)18-13(16)17-10-14(9-15)7-2-8-14/h3-6H,2,7-8,10H2,1H3,(H3,16,17,18). The van der Waals surface area contributed by atoms with E-state index >= 15 is 0 Å². The van der Waals surface area contributed by atoms with E-state index in [4.69, 9.17) is 15.7 Å². The second-order valence-corrected chi connectivity index (χ2v) is 4.80. The van der Waals surface area contributed by atoms with E-state index in [2.05, 4.69) is 16.4 Å². The number of anilines is 1. The van der Waals surface area contributed by atoms with E-state index in [9.17, 15) is 0 Å². The van der Waals surface area contributed by atoms with E-state index in [0.29, 0.717) is 12.5 Å². The van der Waals surface area contributed by atoms with Gasteiger partial charge in [-0.3, -0.25) is 4.99 Å². The molecule has 100 valence electrons. The fourth-order valence-electron chi connectivity index (χ4n) is 2.01. The van der Waals surface area contributed by atoms with Crippen LogP contribution in [0.25, 0.3) is 0 Å². The first-order chi connectivity index (χ1) is 9.17. The van der Waals surface area contributed by atoms with E-state index < -0.39 is 0 Å². The van der Waals surface area contributed by atoms with Gasteiger partial charge in [-0.2, -0.15) is 5.26 Å². The minimum Gasteiger partial charge on any atom is -0.497 e. The Morgan fingerprint density at radius 2 is 2.16 bits per heavy atom. The number of methoxy groups -OCH3 is 1. The number of nitrogens with zero attached hydrogens (tertiary/aromatic N) is 2. The fourth-order valence-corrected chi connectivity index (χ4v) is 2.01. The van der Waals surface area contributed by atoms with Gasteiger partial charge in [-0.25, -0.2) is 0 Å². The highest BCUT2D eigenvalue weighted by Crippen LogP contribution is 2.40. The van der Waals surface area contributed by atoms with Gasteiger partial charge in [0.05, 0.1) is 25.1 Å². The fraction of sp³-hybridized carbons (Fsp3) is 0.429. The number of hydrogen-bond donors (Lipinski definition) is 2. The van der Waals surface area contributed by atoms with Gasteiger partial charge in [-0.15, -0.1) is 0 Å². The highest BCUT2D eigenvalue weighted by Gasteiger charge is 2.36. The molecule has 0 atom stereocenters. The van der Waals surface area contributed by atoms with Gasteiger partial charge in [0.2, 0.25) is 0 Å². The Morgan fingerprint density at radius 3 is 2.63 bits per heavy atom. The first-order valence-electron chi connectivity index (χ1n) is 6.30. The van der Waals surface area contributed by atoms with E-state index in [1.165, 1.54) is 0 Å². The van der Waals surface area contributed by atoms with Gasteiger partial charge in [-0.1, -0.05) is 6.42 Å². The van der Waals surface area contributed by atoms with Crippen molar-refractivity contribution in [3.05, 3.63) is 24.3 Å². The predicted octanol–water partition coefficient (Wildman–Crippen LogP) is 2.12. The van der Waals surface area contributed by atoms with Crippen molar-refractivity contribution < 1.29 is 4.74 Å². The van der Waals surface area contributed by atoms with Crippen molar-refractivity contribution in [1.82, 2.24) is 0 Å².